The molecule has 16 heavy (non-hydrogen) atoms. The number of rotatable bonds is 0. The zero-order valence-corrected chi connectivity index (χ0v) is 8.84. The van der Waals surface area contributed by atoms with E-state index < -0.39 is 23.7 Å². The summed E-state index contributed by atoms with van der Waals surface area (Å²) in [6.45, 7) is 0. The van der Waals surface area contributed by atoms with Crippen LogP contribution < -0.4 is 0 Å². The first-order valence-electron chi connectivity index (χ1n) is 5.09. The Morgan fingerprint density at radius 3 is 1.00 bits per heavy atom. The average Bonchev–Trinajstić information content (AvgIpc) is 2.49. The van der Waals surface area contributed by atoms with Crippen LogP contribution in [0.2, 0.25) is 0 Å². The van der Waals surface area contributed by atoms with E-state index in [4.69, 9.17) is 0 Å². The molecule has 2 saturated heterocycles. The summed E-state index contributed by atoms with van der Waals surface area (Å²) in [5.41, 5.74) is 0. The van der Waals surface area contributed by atoms with Crippen LogP contribution in [-0.2, 0) is 19.2 Å². The first-order valence-corrected chi connectivity index (χ1v) is 5.09. The summed E-state index contributed by atoms with van der Waals surface area (Å²) in [6, 6.07) is 0. The van der Waals surface area contributed by atoms with Crippen LogP contribution in [0.15, 0.2) is 0 Å². The first kappa shape index (κ1) is 9.50. The molecule has 0 N–H and O–H groups in total. The van der Waals surface area contributed by atoms with Crippen LogP contribution in [0.5, 0.6) is 0 Å². The third-order valence-corrected chi connectivity index (χ3v) is 4.01. The highest BCUT2D eigenvalue weighted by atomic mass is 16.2. The molecule has 0 aromatic heterocycles. The van der Waals surface area contributed by atoms with Crippen LogP contribution in [0.1, 0.15) is 0 Å². The molecule has 0 unspecified atom stereocenters. The molecule has 6 nitrogen and oxygen atoms in total. The lowest BCUT2D eigenvalue weighted by molar-refractivity contribution is -0.146. The zero-order valence-electron chi connectivity index (χ0n) is 8.84. The van der Waals surface area contributed by atoms with Gasteiger partial charge < -0.3 is 0 Å². The van der Waals surface area contributed by atoms with Crippen molar-refractivity contribution in [1.82, 2.24) is 9.80 Å². The van der Waals surface area contributed by atoms with E-state index in [-0.39, 0.29) is 23.6 Å². The van der Waals surface area contributed by atoms with Crippen molar-refractivity contribution in [2.75, 3.05) is 14.1 Å². The molecular formula is C10H10N2O4. The molecule has 0 radical (unpaired) electrons. The summed E-state index contributed by atoms with van der Waals surface area (Å²) in [5.74, 6) is -3.68. The van der Waals surface area contributed by atoms with Gasteiger partial charge in [-0.2, -0.15) is 0 Å². The van der Waals surface area contributed by atoms with Crippen molar-refractivity contribution in [3.05, 3.63) is 0 Å². The molecule has 3 aliphatic rings. The van der Waals surface area contributed by atoms with Crippen molar-refractivity contribution in [3.63, 3.8) is 0 Å². The highest BCUT2D eigenvalue weighted by Gasteiger charge is 2.72. The van der Waals surface area contributed by atoms with E-state index in [0.29, 0.717) is 0 Å². The average molecular weight is 222 g/mol. The summed E-state index contributed by atoms with van der Waals surface area (Å²) in [4.78, 5) is 48.9. The molecule has 6 heteroatoms. The monoisotopic (exact) mass is 222 g/mol. The van der Waals surface area contributed by atoms with Crippen LogP contribution in [0.3, 0.4) is 0 Å². The number of fused-ring (bicyclic) bond motifs is 4. The molecule has 84 valence electrons. The van der Waals surface area contributed by atoms with E-state index in [9.17, 15) is 19.2 Å². The third-order valence-electron chi connectivity index (χ3n) is 4.01. The summed E-state index contributed by atoms with van der Waals surface area (Å²) < 4.78 is 0. The minimum Gasteiger partial charge on any atom is -0.285 e. The smallest absolute Gasteiger partial charge is 0.233 e. The van der Waals surface area contributed by atoms with Gasteiger partial charge in [0.15, 0.2) is 0 Å². The van der Waals surface area contributed by atoms with Gasteiger partial charge in [-0.15, -0.1) is 0 Å². The number of likely N-dealkylation sites (tertiary alicyclic amines) is 2. The molecule has 0 atom stereocenters. The molecule has 1 saturated carbocycles. The minimum atomic E-state index is -0.594. The maximum atomic E-state index is 11.7. The lowest BCUT2D eigenvalue weighted by atomic mass is 9.59. The highest BCUT2D eigenvalue weighted by molar-refractivity contribution is 6.17. The number of carbonyl (C=O) groups is 4. The standard InChI is InChI=1S/C10H10N2O4/c1-11-7(13)3-4(8(11)14)6-5(3)9(15)12(2)10(6)16/h3-6H,1-2H3/t3-,4+,5-,6?/m1/s1. The Morgan fingerprint density at radius 2 is 0.812 bits per heavy atom. The predicted molar refractivity (Wildman–Crippen MR) is 49.5 cm³/mol. The Kier molecular flexibility index (Phi) is 1.49. The lowest BCUT2D eigenvalue weighted by Crippen LogP contribution is -2.50. The Hall–Kier alpha value is -1.72. The second-order valence-electron chi connectivity index (χ2n) is 4.57. The van der Waals surface area contributed by atoms with Crippen LogP contribution >= 0.6 is 0 Å². The van der Waals surface area contributed by atoms with Gasteiger partial charge in [0.25, 0.3) is 0 Å². The summed E-state index contributed by atoms with van der Waals surface area (Å²) in [6.07, 6.45) is 0. The van der Waals surface area contributed by atoms with Crippen molar-refractivity contribution in [1.29, 1.82) is 0 Å². The normalized spacial score (nSPS) is 41.4. The number of hydrogen-bond donors (Lipinski definition) is 0. The number of hydrogen-bond acceptors (Lipinski definition) is 4. The van der Waals surface area contributed by atoms with Crippen molar-refractivity contribution < 1.29 is 19.2 Å². The number of carbonyl (C=O) groups excluding carboxylic acids is 4. The van der Waals surface area contributed by atoms with Gasteiger partial charge in [0.05, 0.1) is 23.7 Å². The Labute approximate surface area is 91.2 Å². The van der Waals surface area contributed by atoms with Crippen molar-refractivity contribution >= 4 is 23.6 Å². The molecule has 3 rings (SSSR count). The molecule has 4 amide bonds. The summed E-state index contributed by atoms with van der Waals surface area (Å²) in [5, 5.41) is 0. The molecular weight excluding hydrogens is 212 g/mol. The van der Waals surface area contributed by atoms with Crippen LogP contribution in [-0.4, -0.2) is 47.5 Å². The van der Waals surface area contributed by atoms with E-state index in [2.05, 4.69) is 0 Å². The fraction of sp³-hybridized carbons (Fsp3) is 0.600. The van der Waals surface area contributed by atoms with Gasteiger partial charge in [-0.25, -0.2) is 0 Å². The van der Waals surface area contributed by atoms with Gasteiger partial charge in [-0.3, -0.25) is 29.0 Å². The quantitative estimate of drug-likeness (QED) is 0.466. The van der Waals surface area contributed by atoms with Crippen LogP contribution in [0.25, 0.3) is 0 Å². The SMILES string of the molecule is CN1C(=O)C2[C@H]3C(=O)N(C)C(=O)[C@H]3[C@H]2C1=O. The Balaban J connectivity index is 2.04. The number of nitrogens with zero attached hydrogens (tertiary/aromatic N) is 2. The molecule has 0 spiro atoms. The van der Waals surface area contributed by atoms with E-state index in [1.165, 1.54) is 14.1 Å². The van der Waals surface area contributed by atoms with Gasteiger partial charge in [0.2, 0.25) is 23.6 Å². The van der Waals surface area contributed by atoms with Gasteiger partial charge >= 0.3 is 0 Å². The maximum absolute atomic E-state index is 11.7. The Bertz CT molecular complexity index is 368. The van der Waals surface area contributed by atoms with Gasteiger partial charge in [-0.05, 0) is 0 Å². The zero-order chi connectivity index (χ0) is 11.8. The minimum absolute atomic E-state index is 0.326. The molecule has 1 aliphatic carbocycles. The van der Waals surface area contributed by atoms with Crippen molar-refractivity contribution in [3.8, 4) is 0 Å². The molecule has 2 aliphatic heterocycles. The fourth-order valence-electron chi connectivity index (χ4n) is 3.09. The van der Waals surface area contributed by atoms with Crippen molar-refractivity contribution in [2.24, 2.45) is 23.7 Å². The van der Waals surface area contributed by atoms with Crippen LogP contribution in [0, 0.1) is 23.7 Å². The fourth-order valence-corrected chi connectivity index (χ4v) is 3.09. The van der Waals surface area contributed by atoms with E-state index in [0.717, 1.165) is 9.80 Å². The lowest BCUT2D eigenvalue weighted by Gasteiger charge is -2.36. The largest absolute Gasteiger partial charge is 0.285 e. The van der Waals surface area contributed by atoms with Gasteiger partial charge in [0, 0.05) is 14.1 Å². The van der Waals surface area contributed by atoms with Gasteiger partial charge in [0.1, 0.15) is 0 Å². The predicted octanol–water partition coefficient (Wildman–Crippen LogP) is -1.54. The maximum Gasteiger partial charge on any atom is 0.233 e. The highest BCUT2D eigenvalue weighted by Crippen LogP contribution is 2.55. The second kappa shape index (κ2) is 2.50. The molecule has 0 aromatic rings. The third kappa shape index (κ3) is 0.730. The number of imide groups is 2. The molecule has 0 bridgehead atoms. The molecule has 2 heterocycles. The second-order valence-corrected chi connectivity index (χ2v) is 4.57. The van der Waals surface area contributed by atoms with Gasteiger partial charge in [-0.1, -0.05) is 0 Å². The molecule has 3 fully saturated rings. The first-order chi connectivity index (χ1) is 7.46. The van der Waals surface area contributed by atoms with E-state index >= 15 is 0 Å². The number of amides is 4. The molecule has 0 aromatic carbocycles. The summed E-state index contributed by atoms with van der Waals surface area (Å²) in [7, 11) is 2.80. The van der Waals surface area contributed by atoms with Crippen LogP contribution in [0.4, 0.5) is 0 Å². The Morgan fingerprint density at radius 1 is 0.625 bits per heavy atom. The van der Waals surface area contributed by atoms with Crippen molar-refractivity contribution in [2.45, 2.75) is 0 Å². The van der Waals surface area contributed by atoms with E-state index in [1.54, 1.807) is 0 Å². The van der Waals surface area contributed by atoms with E-state index in [1.807, 2.05) is 0 Å². The topological polar surface area (TPSA) is 74.8 Å². The summed E-state index contributed by atoms with van der Waals surface area (Å²) >= 11 is 0.